The minimum absolute atomic E-state index is 0.0105. The highest BCUT2D eigenvalue weighted by atomic mass is 16.5. The number of ether oxygens (including phenoxy) is 2. The SMILES string of the molecule is CCOc1ccc(/C(N)=C(/NN)C(=O)O)cc1OC. The van der Waals surface area contributed by atoms with Crippen molar-refractivity contribution < 1.29 is 19.4 Å². The Kier molecular flexibility index (Phi) is 5.01. The first-order chi connectivity index (χ1) is 9.04. The van der Waals surface area contributed by atoms with Gasteiger partial charge >= 0.3 is 5.97 Å². The summed E-state index contributed by atoms with van der Waals surface area (Å²) >= 11 is 0. The van der Waals surface area contributed by atoms with Crippen molar-refractivity contribution in [1.29, 1.82) is 0 Å². The molecule has 0 saturated heterocycles. The Morgan fingerprint density at radius 2 is 2.11 bits per heavy atom. The van der Waals surface area contributed by atoms with E-state index in [2.05, 4.69) is 5.43 Å². The van der Waals surface area contributed by atoms with Crippen LogP contribution in [0, 0.1) is 0 Å². The smallest absolute Gasteiger partial charge is 0.355 e. The fourth-order valence-corrected chi connectivity index (χ4v) is 1.51. The molecule has 1 aromatic rings. The Labute approximate surface area is 110 Å². The zero-order chi connectivity index (χ0) is 14.4. The van der Waals surface area contributed by atoms with Gasteiger partial charge in [-0.1, -0.05) is 0 Å². The largest absolute Gasteiger partial charge is 0.493 e. The molecular weight excluding hydrogens is 250 g/mol. The third kappa shape index (κ3) is 3.29. The van der Waals surface area contributed by atoms with Gasteiger partial charge < -0.3 is 25.7 Å². The number of carbonyl (C=O) groups is 1. The summed E-state index contributed by atoms with van der Waals surface area (Å²) in [6.07, 6.45) is 0. The van der Waals surface area contributed by atoms with Gasteiger partial charge in [-0.05, 0) is 25.1 Å². The molecule has 0 heterocycles. The predicted molar refractivity (Wildman–Crippen MR) is 70.2 cm³/mol. The molecule has 6 N–H and O–H groups in total. The molecule has 0 bridgehead atoms. The normalized spacial score (nSPS) is 11.5. The summed E-state index contributed by atoms with van der Waals surface area (Å²) in [5, 5.41) is 8.93. The molecule has 0 radical (unpaired) electrons. The molecule has 0 amide bonds. The summed E-state index contributed by atoms with van der Waals surface area (Å²) in [6.45, 7) is 2.34. The lowest BCUT2D eigenvalue weighted by Gasteiger charge is -2.12. The van der Waals surface area contributed by atoms with Gasteiger partial charge in [-0.25, -0.2) is 4.79 Å². The first-order valence-corrected chi connectivity index (χ1v) is 5.56. The minimum Gasteiger partial charge on any atom is -0.493 e. The van der Waals surface area contributed by atoms with E-state index in [0.29, 0.717) is 23.7 Å². The van der Waals surface area contributed by atoms with E-state index in [9.17, 15) is 4.79 Å². The highest BCUT2D eigenvalue weighted by Crippen LogP contribution is 2.30. The van der Waals surface area contributed by atoms with Gasteiger partial charge in [0.1, 0.15) is 0 Å². The summed E-state index contributed by atoms with van der Waals surface area (Å²) in [7, 11) is 1.49. The maximum absolute atomic E-state index is 10.9. The lowest BCUT2D eigenvalue weighted by molar-refractivity contribution is -0.133. The van der Waals surface area contributed by atoms with Crippen LogP contribution in [0.15, 0.2) is 23.9 Å². The fraction of sp³-hybridized carbons (Fsp3) is 0.250. The van der Waals surface area contributed by atoms with Crippen LogP contribution in [0.4, 0.5) is 0 Å². The number of carboxylic acid groups (broad SMARTS) is 1. The maximum Gasteiger partial charge on any atom is 0.355 e. The van der Waals surface area contributed by atoms with E-state index in [1.165, 1.54) is 7.11 Å². The number of hydrogen-bond donors (Lipinski definition) is 4. The van der Waals surface area contributed by atoms with Crippen LogP contribution in [0.25, 0.3) is 5.70 Å². The average molecular weight is 267 g/mol. The number of hydrogen-bond acceptors (Lipinski definition) is 6. The van der Waals surface area contributed by atoms with E-state index in [4.69, 9.17) is 26.2 Å². The molecule has 0 spiro atoms. The van der Waals surface area contributed by atoms with Crippen molar-refractivity contribution in [3.63, 3.8) is 0 Å². The monoisotopic (exact) mass is 267 g/mol. The Hall–Kier alpha value is -2.41. The Balaban J connectivity index is 3.25. The van der Waals surface area contributed by atoms with E-state index in [1.807, 2.05) is 6.92 Å². The first-order valence-electron chi connectivity index (χ1n) is 5.56. The van der Waals surface area contributed by atoms with Crippen LogP contribution >= 0.6 is 0 Å². The number of nitrogens with one attached hydrogen (secondary N) is 1. The van der Waals surface area contributed by atoms with E-state index in [1.54, 1.807) is 18.2 Å². The van der Waals surface area contributed by atoms with Gasteiger partial charge in [0.15, 0.2) is 17.2 Å². The topological polar surface area (TPSA) is 120 Å². The lowest BCUT2D eigenvalue weighted by atomic mass is 10.1. The molecule has 0 aromatic heterocycles. The van der Waals surface area contributed by atoms with Crippen LogP contribution in [0.1, 0.15) is 12.5 Å². The molecule has 1 aromatic carbocycles. The Morgan fingerprint density at radius 3 is 2.58 bits per heavy atom. The predicted octanol–water partition coefficient (Wildman–Crippen LogP) is 0.269. The zero-order valence-electron chi connectivity index (χ0n) is 10.8. The molecule has 0 aliphatic heterocycles. The van der Waals surface area contributed by atoms with Gasteiger partial charge in [0.25, 0.3) is 0 Å². The number of hydrazine groups is 1. The average Bonchev–Trinajstić information content (AvgIpc) is 2.39. The fourth-order valence-electron chi connectivity index (χ4n) is 1.51. The third-order valence-electron chi connectivity index (χ3n) is 2.40. The second-order valence-electron chi connectivity index (χ2n) is 3.54. The molecule has 19 heavy (non-hydrogen) atoms. The van der Waals surface area contributed by atoms with Crippen molar-refractivity contribution in [3.05, 3.63) is 29.5 Å². The molecular formula is C12H17N3O4. The van der Waals surface area contributed by atoms with Gasteiger partial charge in [-0.2, -0.15) is 0 Å². The van der Waals surface area contributed by atoms with Crippen LogP contribution in [-0.2, 0) is 4.79 Å². The number of rotatable bonds is 6. The van der Waals surface area contributed by atoms with E-state index in [0.717, 1.165) is 0 Å². The molecule has 0 saturated carbocycles. The van der Waals surface area contributed by atoms with Gasteiger partial charge in [-0.15, -0.1) is 0 Å². The van der Waals surface area contributed by atoms with Crippen molar-refractivity contribution in [1.82, 2.24) is 5.43 Å². The van der Waals surface area contributed by atoms with Crippen LogP contribution < -0.4 is 26.5 Å². The molecule has 104 valence electrons. The molecule has 0 aliphatic rings. The number of methoxy groups -OCH3 is 1. The van der Waals surface area contributed by atoms with Gasteiger partial charge in [0.2, 0.25) is 0 Å². The van der Waals surface area contributed by atoms with E-state index >= 15 is 0 Å². The van der Waals surface area contributed by atoms with Crippen molar-refractivity contribution in [2.75, 3.05) is 13.7 Å². The lowest BCUT2D eigenvalue weighted by Crippen LogP contribution is -2.29. The summed E-state index contributed by atoms with van der Waals surface area (Å²) in [5.41, 5.74) is 8.01. The number of nitrogens with two attached hydrogens (primary N) is 2. The van der Waals surface area contributed by atoms with Gasteiger partial charge in [-0.3, -0.25) is 5.84 Å². The van der Waals surface area contributed by atoms with Crippen LogP contribution in [0.2, 0.25) is 0 Å². The van der Waals surface area contributed by atoms with Crippen molar-refractivity contribution >= 4 is 11.7 Å². The highest BCUT2D eigenvalue weighted by Gasteiger charge is 2.14. The Morgan fingerprint density at radius 1 is 1.42 bits per heavy atom. The number of benzene rings is 1. The van der Waals surface area contributed by atoms with Gasteiger partial charge in [0, 0.05) is 5.56 Å². The summed E-state index contributed by atoms with van der Waals surface area (Å²) < 4.78 is 10.5. The Bertz CT molecular complexity index is 500. The third-order valence-corrected chi connectivity index (χ3v) is 2.40. The number of aliphatic carboxylic acids is 1. The second kappa shape index (κ2) is 6.50. The number of carboxylic acids is 1. The molecule has 7 nitrogen and oxygen atoms in total. The first kappa shape index (κ1) is 14.7. The zero-order valence-corrected chi connectivity index (χ0v) is 10.8. The van der Waals surface area contributed by atoms with E-state index < -0.39 is 5.97 Å². The van der Waals surface area contributed by atoms with Crippen molar-refractivity contribution in [2.24, 2.45) is 11.6 Å². The summed E-state index contributed by atoms with van der Waals surface area (Å²) in [5.74, 6) is 4.91. The summed E-state index contributed by atoms with van der Waals surface area (Å²) in [6, 6.07) is 4.87. The standard InChI is InChI=1S/C12H17N3O4/c1-3-19-8-5-4-7(6-9(8)18-2)10(13)11(15-14)12(16)17/h4-6,15H,3,13-14H2,1-2H3,(H,16,17)/b11-10-. The van der Waals surface area contributed by atoms with Gasteiger partial charge in [0.05, 0.1) is 19.4 Å². The molecule has 0 aliphatic carbocycles. The quantitative estimate of drug-likeness (QED) is 0.331. The minimum atomic E-state index is -1.24. The van der Waals surface area contributed by atoms with Crippen LogP contribution in [0.3, 0.4) is 0 Å². The maximum atomic E-state index is 10.9. The summed E-state index contributed by atoms with van der Waals surface area (Å²) in [4.78, 5) is 10.9. The van der Waals surface area contributed by atoms with Crippen molar-refractivity contribution in [2.45, 2.75) is 6.92 Å². The second-order valence-corrected chi connectivity index (χ2v) is 3.54. The van der Waals surface area contributed by atoms with Crippen molar-refractivity contribution in [3.8, 4) is 11.5 Å². The molecule has 0 atom stereocenters. The molecule has 0 unspecified atom stereocenters. The van der Waals surface area contributed by atoms with Crippen LogP contribution in [0.5, 0.6) is 11.5 Å². The van der Waals surface area contributed by atoms with Crippen LogP contribution in [-0.4, -0.2) is 24.8 Å². The highest BCUT2D eigenvalue weighted by molar-refractivity contribution is 5.95. The molecule has 0 fully saturated rings. The molecule has 7 heteroatoms. The molecule has 1 rings (SSSR count). The van der Waals surface area contributed by atoms with E-state index in [-0.39, 0.29) is 11.4 Å².